The molecule has 3 nitrogen and oxygen atoms in total. The summed E-state index contributed by atoms with van der Waals surface area (Å²) < 4.78 is 6.09. The van der Waals surface area contributed by atoms with E-state index in [0.29, 0.717) is 5.92 Å². The summed E-state index contributed by atoms with van der Waals surface area (Å²) >= 11 is 1.60. The second-order valence-corrected chi connectivity index (χ2v) is 5.74. The van der Waals surface area contributed by atoms with Crippen molar-refractivity contribution in [2.45, 2.75) is 20.1 Å². The maximum Gasteiger partial charge on any atom is 0.178 e. The number of aromatic nitrogens is 1. The van der Waals surface area contributed by atoms with Crippen molar-refractivity contribution >= 4 is 22.8 Å². The monoisotopic (exact) mass is 272 g/mol. The van der Waals surface area contributed by atoms with Gasteiger partial charge in [-0.2, -0.15) is 0 Å². The van der Waals surface area contributed by atoms with Crippen molar-refractivity contribution in [1.29, 1.82) is 0 Å². The van der Waals surface area contributed by atoms with Gasteiger partial charge >= 0.3 is 0 Å². The molecule has 0 saturated carbocycles. The fourth-order valence-electron chi connectivity index (χ4n) is 2.16. The Bertz CT molecular complexity index is 563. The zero-order valence-corrected chi connectivity index (χ0v) is 11.8. The summed E-state index contributed by atoms with van der Waals surface area (Å²) in [4.78, 5) is 7.38. The van der Waals surface area contributed by atoms with Crippen molar-refractivity contribution in [3.63, 3.8) is 0 Å². The van der Waals surface area contributed by atoms with Gasteiger partial charge in [0, 0.05) is 17.8 Å². The molecule has 4 heteroatoms. The number of rotatable bonds is 3. The minimum Gasteiger partial charge on any atom is -0.467 e. The van der Waals surface area contributed by atoms with E-state index in [2.05, 4.69) is 42.1 Å². The van der Waals surface area contributed by atoms with Crippen LogP contribution in [0.1, 0.15) is 18.7 Å². The van der Waals surface area contributed by atoms with E-state index in [9.17, 15) is 0 Å². The van der Waals surface area contributed by atoms with Crippen LogP contribution in [-0.2, 0) is 4.74 Å². The number of hydrogen-bond acceptors (Lipinski definition) is 4. The molecule has 0 amide bonds. The van der Waals surface area contributed by atoms with E-state index >= 15 is 0 Å². The first kappa shape index (κ1) is 12.2. The summed E-state index contributed by atoms with van der Waals surface area (Å²) in [5.41, 5.74) is 2.98. The molecule has 0 radical (unpaired) electrons. The third-order valence-corrected chi connectivity index (χ3v) is 3.87. The average molecular weight is 272 g/mol. The molecule has 0 N–H and O–H groups in total. The van der Waals surface area contributed by atoms with Gasteiger partial charge in [0.25, 0.3) is 0 Å². The summed E-state index contributed by atoms with van der Waals surface area (Å²) in [7, 11) is 0. The maximum atomic E-state index is 6.09. The van der Waals surface area contributed by atoms with Gasteiger partial charge in [-0.05, 0) is 12.1 Å². The Hall–Kier alpha value is -1.81. The van der Waals surface area contributed by atoms with Gasteiger partial charge in [-0.25, -0.2) is 0 Å². The van der Waals surface area contributed by atoms with Crippen molar-refractivity contribution in [1.82, 2.24) is 4.98 Å². The summed E-state index contributed by atoms with van der Waals surface area (Å²) in [5.74, 6) is 1.31. The van der Waals surface area contributed by atoms with E-state index in [1.165, 1.54) is 0 Å². The van der Waals surface area contributed by atoms with Crippen LogP contribution in [0.5, 0.6) is 0 Å². The summed E-state index contributed by atoms with van der Waals surface area (Å²) in [5, 5.41) is 0. The summed E-state index contributed by atoms with van der Waals surface area (Å²) in [6.45, 7) is 4.34. The molecule has 2 aromatic rings. The van der Waals surface area contributed by atoms with Crippen LogP contribution >= 0.6 is 11.3 Å². The number of ether oxygens (including phenoxy) is 1. The SMILES string of the molecule is CC(C)C1OC(c2cncs2)=CN1c1ccccc1. The first-order chi connectivity index (χ1) is 9.25. The quantitative estimate of drug-likeness (QED) is 0.845. The molecule has 1 aliphatic heterocycles. The van der Waals surface area contributed by atoms with Crippen LogP contribution in [0, 0.1) is 5.92 Å². The second kappa shape index (κ2) is 5.05. The Labute approximate surface area is 117 Å². The lowest BCUT2D eigenvalue weighted by molar-refractivity contribution is 0.144. The molecule has 0 bridgehead atoms. The maximum absolute atomic E-state index is 6.09. The minimum absolute atomic E-state index is 0.0412. The molecule has 0 saturated heterocycles. The zero-order valence-electron chi connectivity index (χ0n) is 11.0. The van der Waals surface area contributed by atoms with E-state index in [1.54, 1.807) is 11.3 Å². The zero-order chi connectivity index (χ0) is 13.2. The molecule has 3 rings (SSSR count). The largest absolute Gasteiger partial charge is 0.467 e. The Kier molecular flexibility index (Phi) is 3.25. The van der Waals surface area contributed by atoms with Gasteiger partial charge in [0.05, 0.1) is 16.6 Å². The highest BCUT2D eigenvalue weighted by Crippen LogP contribution is 2.35. The summed E-state index contributed by atoms with van der Waals surface area (Å²) in [6.07, 6.45) is 3.97. The van der Waals surface area contributed by atoms with E-state index in [-0.39, 0.29) is 6.23 Å². The lowest BCUT2D eigenvalue weighted by Gasteiger charge is -2.27. The third kappa shape index (κ3) is 2.36. The van der Waals surface area contributed by atoms with Crippen molar-refractivity contribution in [2.75, 3.05) is 4.90 Å². The lowest BCUT2D eigenvalue weighted by Crippen LogP contribution is -2.32. The predicted molar refractivity (Wildman–Crippen MR) is 78.7 cm³/mol. The molecule has 0 spiro atoms. The molecule has 98 valence electrons. The Morgan fingerprint density at radius 2 is 2.05 bits per heavy atom. The topological polar surface area (TPSA) is 25.4 Å². The third-order valence-electron chi connectivity index (χ3n) is 3.08. The van der Waals surface area contributed by atoms with Crippen LogP contribution in [0.2, 0.25) is 0 Å². The van der Waals surface area contributed by atoms with Gasteiger partial charge in [0.1, 0.15) is 0 Å². The highest BCUT2D eigenvalue weighted by atomic mass is 32.1. The first-order valence-electron chi connectivity index (χ1n) is 6.36. The molecular weight excluding hydrogens is 256 g/mol. The molecule has 19 heavy (non-hydrogen) atoms. The second-order valence-electron chi connectivity index (χ2n) is 4.85. The van der Waals surface area contributed by atoms with Gasteiger partial charge in [0.15, 0.2) is 12.0 Å². The molecule has 1 aliphatic rings. The van der Waals surface area contributed by atoms with E-state index in [1.807, 2.05) is 29.9 Å². The number of benzene rings is 1. The standard InChI is InChI=1S/C15H16N2OS/c1-11(2)15-17(12-6-4-3-5-7-12)9-13(18-15)14-8-16-10-19-14/h3-11,15H,1-2H3. The van der Waals surface area contributed by atoms with Crippen LogP contribution in [0.25, 0.3) is 5.76 Å². The molecule has 1 aromatic carbocycles. The fourth-order valence-corrected chi connectivity index (χ4v) is 2.73. The number of para-hydroxylation sites is 1. The first-order valence-corrected chi connectivity index (χ1v) is 7.24. The van der Waals surface area contributed by atoms with Gasteiger partial charge in [-0.15, -0.1) is 11.3 Å². The van der Waals surface area contributed by atoms with Gasteiger partial charge in [-0.3, -0.25) is 4.98 Å². The Morgan fingerprint density at radius 3 is 2.68 bits per heavy atom. The van der Waals surface area contributed by atoms with Gasteiger partial charge < -0.3 is 9.64 Å². The molecule has 0 fully saturated rings. The van der Waals surface area contributed by atoms with Crippen molar-refractivity contribution in [3.8, 4) is 0 Å². The fraction of sp³-hybridized carbons (Fsp3) is 0.267. The lowest BCUT2D eigenvalue weighted by atomic mass is 10.1. The summed E-state index contributed by atoms with van der Waals surface area (Å²) in [6, 6.07) is 10.3. The van der Waals surface area contributed by atoms with Crippen molar-refractivity contribution in [2.24, 2.45) is 5.92 Å². The smallest absolute Gasteiger partial charge is 0.178 e. The molecule has 1 unspecified atom stereocenters. The Balaban J connectivity index is 1.95. The minimum atomic E-state index is 0.0412. The van der Waals surface area contributed by atoms with Gasteiger partial charge in [-0.1, -0.05) is 32.0 Å². The van der Waals surface area contributed by atoms with Crippen molar-refractivity contribution in [3.05, 3.63) is 53.1 Å². The normalized spacial score (nSPS) is 18.6. The van der Waals surface area contributed by atoms with Crippen LogP contribution in [0.3, 0.4) is 0 Å². The predicted octanol–water partition coefficient (Wildman–Crippen LogP) is 3.96. The highest BCUT2D eigenvalue weighted by Gasteiger charge is 2.30. The molecule has 1 aromatic heterocycles. The molecular formula is C15H16N2OS. The molecule has 0 aliphatic carbocycles. The van der Waals surface area contributed by atoms with Crippen LogP contribution in [0.15, 0.2) is 48.2 Å². The number of nitrogens with zero attached hydrogens (tertiary/aromatic N) is 2. The molecule has 1 atom stereocenters. The number of thiazole rings is 1. The van der Waals surface area contributed by atoms with Crippen LogP contribution in [-0.4, -0.2) is 11.2 Å². The van der Waals surface area contributed by atoms with Gasteiger partial charge in [0.2, 0.25) is 0 Å². The Morgan fingerprint density at radius 1 is 1.26 bits per heavy atom. The average Bonchev–Trinajstić information content (AvgIpc) is 3.08. The van der Waals surface area contributed by atoms with Crippen LogP contribution in [0.4, 0.5) is 5.69 Å². The molecule has 2 heterocycles. The van der Waals surface area contributed by atoms with E-state index in [0.717, 1.165) is 16.3 Å². The van der Waals surface area contributed by atoms with E-state index in [4.69, 9.17) is 4.74 Å². The van der Waals surface area contributed by atoms with Crippen molar-refractivity contribution < 1.29 is 4.74 Å². The number of hydrogen-bond donors (Lipinski definition) is 0. The number of anilines is 1. The highest BCUT2D eigenvalue weighted by molar-refractivity contribution is 7.10. The van der Waals surface area contributed by atoms with Crippen LogP contribution < -0.4 is 4.90 Å². The van der Waals surface area contributed by atoms with E-state index < -0.39 is 0 Å².